The summed E-state index contributed by atoms with van der Waals surface area (Å²) in [5.74, 6) is 3.80. The molecule has 0 saturated carbocycles. The van der Waals surface area contributed by atoms with Gasteiger partial charge in [0.15, 0.2) is 0 Å². The second-order valence-electron chi connectivity index (χ2n) is 4.50. The molecule has 0 aromatic rings. The van der Waals surface area contributed by atoms with Crippen molar-refractivity contribution in [2.45, 2.75) is 26.2 Å². The number of hydrogen-bond donors (Lipinski definition) is 1. The van der Waals surface area contributed by atoms with Crippen LogP contribution in [0.2, 0.25) is 0 Å². The van der Waals surface area contributed by atoms with E-state index in [4.69, 9.17) is 0 Å². The molecule has 1 N–H and O–H groups in total. The SMILES string of the molecule is CCNCCN(C)CCC1CCSCC1. The summed E-state index contributed by atoms with van der Waals surface area (Å²) in [6.45, 7) is 6.86. The van der Waals surface area contributed by atoms with Gasteiger partial charge >= 0.3 is 0 Å². The number of hydrogen-bond acceptors (Lipinski definition) is 3. The number of likely N-dealkylation sites (N-methyl/N-ethyl adjacent to an activating group) is 2. The zero-order valence-corrected chi connectivity index (χ0v) is 11.1. The molecule has 0 aromatic heterocycles. The van der Waals surface area contributed by atoms with Crippen molar-refractivity contribution >= 4 is 11.8 Å². The zero-order valence-electron chi connectivity index (χ0n) is 10.3. The molecule has 3 heteroatoms. The lowest BCUT2D eigenvalue weighted by Gasteiger charge is -2.24. The first-order chi connectivity index (χ1) is 7.33. The van der Waals surface area contributed by atoms with Gasteiger partial charge in [0.05, 0.1) is 0 Å². The molecule has 0 unspecified atom stereocenters. The highest BCUT2D eigenvalue weighted by Gasteiger charge is 2.13. The molecule has 0 aromatic carbocycles. The van der Waals surface area contributed by atoms with Crippen LogP contribution in [0.3, 0.4) is 0 Å². The standard InChI is InChI=1S/C12H26N2S/c1-3-13-7-9-14(2)8-4-12-5-10-15-11-6-12/h12-13H,3-11H2,1-2H3. The van der Waals surface area contributed by atoms with Crippen molar-refractivity contribution in [2.24, 2.45) is 5.92 Å². The summed E-state index contributed by atoms with van der Waals surface area (Å²) in [4.78, 5) is 2.46. The highest BCUT2D eigenvalue weighted by atomic mass is 32.2. The van der Waals surface area contributed by atoms with Crippen molar-refractivity contribution in [2.75, 3.05) is 44.7 Å². The second-order valence-corrected chi connectivity index (χ2v) is 5.73. The van der Waals surface area contributed by atoms with E-state index in [1.807, 2.05) is 0 Å². The summed E-state index contributed by atoms with van der Waals surface area (Å²) in [6.07, 6.45) is 4.31. The molecule has 1 saturated heterocycles. The molecule has 0 spiro atoms. The van der Waals surface area contributed by atoms with Crippen molar-refractivity contribution in [1.82, 2.24) is 10.2 Å². The summed E-state index contributed by atoms with van der Waals surface area (Å²) in [6, 6.07) is 0. The third-order valence-corrected chi connectivity index (χ3v) is 4.23. The smallest absolute Gasteiger partial charge is 0.0104 e. The normalized spacial score (nSPS) is 18.6. The van der Waals surface area contributed by atoms with Crippen LogP contribution in [-0.4, -0.2) is 49.6 Å². The molecule has 90 valence electrons. The molecule has 0 atom stereocenters. The van der Waals surface area contributed by atoms with Gasteiger partial charge in [0.2, 0.25) is 0 Å². The molecule has 1 rings (SSSR count). The minimum Gasteiger partial charge on any atom is -0.316 e. The Bertz CT molecular complexity index is 147. The topological polar surface area (TPSA) is 15.3 Å². The fourth-order valence-electron chi connectivity index (χ4n) is 2.00. The number of rotatable bonds is 7. The van der Waals surface area contributed by atoms with Crippen LogP contribution < -0.4 is 5.32 Å². The van der Waals surface area contributed by atoms with E-state index in [0.29, 0.717) is 0 Å². The first kappa shape index (κ1) is 13.3. The Hall–Kier alpha value is 0.270. The summed E-state index contributed by atoms with van der Waals surface area (Å²) in [7, 11) is 2.24. The quantitative estimate of drug-likeness (QED) is 0.674. The minimum absolute atomic E-state index is 1.01. The maximum absolute atomic E-state index is 3.37. The van der Waals surface area contributed by atoms with Gasteiger partial charge < -0.3 is 10.2 Å². The van der Waals surface area contributed by atoms with E-state index >= 15 is 0 Å². The van der Waals surface area contributed by atoms with Crippen LogP contribution in [0.4, 0.5) is 0 Å². The molecule has 1 heterocycles. The van der Waals surface area contributed by atoms with Crippen LogP contribution >= 0.6 is 11.8 Å². The summed E-state index contributed by atoms with van der Waals surface area (Å²) >= 11 is 2.13. The van der Waals surface area contributed by atoms with Crippen molar-refractivity contribution in [1.29, 1.82) is 0 Å². The van der Waals surface area contributed by atoms with Crippen LogP contribution in [0.1, 0.15) is 26.2 Å². The number of nitrogens with one attached hydrogen (secondary N) is 1. The largest absolute Gasteiger partial charge is 0.316 e. The monoisotopic (exact) mass is 230 g/mol. The van der Waals surface area contributed by atoms with Gasteiger partial charge in [0.1, 0.15) is 0 Å². The fraction of sp³-hybridized carbons (Fsp3) is 1.00. The first-order valence-electron chi connectivity index (χ1n) is 6.30. The van der Waals surface area contributed by atoms with Gasteiger partial charge in [-0.25, -0.2) is 0 Å². The van der Waals surface area contributed by atoms with E-state index in [9.17, 15) is 0 Å². The lowest BCUT2D eigenvalue weighted by Crippen LogP contribution is -2.30. The van der Waals surface area contributed by atoms with Gasteiger partial charge in [-0.1, -0.05) is 6.92 Å². The van der Waals surface area contributed by atoms with Crippen molar-refractivity contribution < 1.29 is 0 Å². The summed E-state index contributed by atoms with van der Waals surface area (Å²) in [5.41, 5.74) is 0. The van der Waals surface area contributed by atoms with Gasteiger partial charge in [0, 0.05) is 13.1 Å². The van der Waals surface area contributed by atoms with Crippen LogP contribution in [-0.2, 0) is 0 Å². The minimum atomic E-state index is 1.01. The maximum atomic E-state index is 3.37. The third-order valence-electron chi connectivity index (χ3n) is 3.18. The van der Waals surface area contributed by atoms with E-state index in [2.05, 4.69) is 35.9 Å². The van der Waals surface area contributed by atoms with E-state index in [-0.39, 0.29) is 0 Å². The Morgan fingerprint density at radius 3 is 2.67 bits per heavy atom. The highest BCUT2D eigenvalue weighted by Crippen LogP contribution is 2.25. The summed E-state index contributed by atoms with van der Waals surface area (Å²) in [5, 5.41) is 3.37. The molecule has 0 radical (unpaired) electrons. The van der Waals surface area contributed by atoms with Gasteiger partial charge in [-0.2, -0.15) is 11.8 Å². The maximum Gasteiger partial charge on any atom is 0.0104 e. The van der Waals surface area contributed by atoms with Gasteiger partial charge in [-0.15, -0.1) is 0 Å². The predicted molar refractivity (Wildman–Crippen MR) is 70.7 cm³/mol. The van der Waals surface area contributed by atoms with E-state index in [1.165, 1.54) is 43.9 Å². The molecule has 0 aliphatic carbocycles. The molecule has 15 heavy (non-hydrogen) atoms. The Balaban J connectivity index is 1.97. The van der Waals surface area contributed by atoms with Crippen LogP contribution in [0, 0.1) is 5.92 Å². The van der Waals surface area contributed by atoms with Crippen LogP contribution in [0.25, 0.3) is 0 Å². The molecule has 1 aliphatic heterocycles. The second kappa shape index (κ2) is 8.43. The molecule has 1 aliphatic rings. The molecule has 0 bridgehead atoms. The average Bonchev–Trinajstić information content (AvgIpc) is 2.28. The molecular formula is C12H26N2S. The third kappa shape index (κ3) is 6.44. The summed E-state index contributed by atoms with van der Waals surface area (Å²) < 4.78 is 0. The number of nitrogens with zero attached hydrogens (tertiary/aromatic N) is 1. The Morgan fingerprint density at radius 2 is 2.00 bits per heavy atom. The van der Waals surface area contributed by atoms with Crippen molar-refractivity contribution in [3.8, 4) is 0 Å². The van der Waals surface area contributed by atoms with Crippen LogP contribution in [0.5, 0.6) is 0 Å². The predicted octanol–water partition coefficient (Wildman–Crippen LogP) is 2.06. The van der Waals surface area contributed by atoms with Crippen molar-refractivity contribution in [3.63, 3.8) is 0 Å². The number of thioether (sulfide) groups is 1. The Kier molecular flexibility index (Phi) is 7.49. The van der Waals surface area contributed by atoms with E-state index in [0.717, 1.165) is 19.0 Å². The van der Waals surface area contributed by atoms with Crippen LogP contribution in [0.15, 0.2) is 0 Å². The lowest BCUT2D eigenvalue weighted by molar-refractivity contribution is 0.293. The van der Waals surface area contributed by atoms with E-state index < -0.39 is 0 Å². The van der Waals surface area contributed by atoms with Crippen molar-refractivity contribution in [3.05, 3.63) is 0 Å². The average molecular weight is 230 g/mol. The van der Waals surface area contributed by atoms with E-state index in [1.54, 1.807) is 0 Å². The molecular weight excluding hydrogens is 204 g/mol. The molecule has 0 amide bonds. The Labute approximate surface area is 99.2 Å². The highest BCUT2D eigenvalue weighted by molar-refractivity contribution is 7.99. The van der Waals surface area contributed by atoms with Gasteiger partial charge in [-0.05, 0) is 56.8 Å². The molecule has 1 fully saturated rings. The first-order valence-corrected chi connectivity index (χ1v) is 7.45. The fourth-order valence-corrected chi connectivity index (χ4v) is 3.20. The Morgan fingerprint density at radius 1 is 1.27 bits per heavy atom. The van der Waals surface area contributed by atoms with Gasteiger partial charge in [0.25, 0.3) is 0 Å². The van der Waals surface area contributed by atoms with Gasteiger partial charge in [-0.3, -0.25) is 0 Å². The zero-order chi connectivity index (χ0) is 10.9. The lowest BCUT2D eigenvalue weighted by atomic mass is 9.99. The molecule has 2 nitrogen and oxygen atoms in total.